The van der Waals surface area contributed by atoms with Gasteiger partial charge in [-0.2, -0.15) is 10.2 Å². The molecule has 2 aliphatic rings. The molecular formula is C27H30FN7O2. The van der Waals surface area contributed by atoms with Crippen molar-refractivity contribution in [2.45, 2.75) is 56.5 Å². The molecule has 10 heteroatoms. The summed E-state index contributed by atoms with van der Waals surface area (Å²) in [6, 6.07) is 8.79. The van der Waals surface area contributed by atoms with Crippen molar-refractivity contribution in [3.05, 3.63) is 71.8 Å². The molecule has 1 saturated heterocycles. The molecule has 0 unspecified atom stereocenters. The van der Waals surface area contributed by atoms with E-state index in [1.165, 1.54) is 6.07 Å². The highest BCUT2D eigenvalue weighted by molar-refractivity contribution is 6.01. The van der Waals surface area contributed by atoms with Crippen molar-refractivity contribution < 1.29 is 13.9 Å². The summed E-state index contributed by atoms with van der Waals surface area (Å²) in [5, 5.41) is 14.5. The van der Waals surface area contributed by atoms with Crippen LogP contribution in [0.4, 0.5) is 10.1 Å². The lowest BCUT2D eigenvalue weighted by molar-refractivity contribution is 0.0927. The number of halogens is 1. The van der Waals surface area contributed by atoms with E-state index in [4.69, 9.17) is 4.74 Å². The average Bonchev–Trinajstić information content (AvgIpc) is 3.69. The first-order valence-corrected chi connectivity index (χ1v) is 12.8. The first-order valence-electron chi connectivity index (χ1n) is 12.8. The number of amides is 1. The largest absolute Gasteiger partial charge is 0.496 e. The predicted octanol–water partition coefficient (Wildman–Crippen LogP) is 4.40. The molecule has 192 valence electrons. The Morgan fingerprint density at radius 1 is 1.16 bits per heavy atom. The maximum absolute atomic E-state index is 14.1. The van der Waals surface area contributed by atoms with Crippen LogP contribution >= 0.6 is 0 Å². The van der Waals surface area contributed by atoms with E-state index < -0.39 is 0 Å². The number of aromatic nitrogens is 5. The van der Waals surface area contributed by atoms with Gasteiger partial charge in [-0.3, -0.25) is 9.89 Å². The number of nitrogens with one attached hydrogen (secondary N) is 2. The van der Waals surface area contributed by atoms with Gasteiger partial charge in [0, 0.05) is 36.0 Å². The zero-order valence-corrected chi connectivity index (χ0v) is 20.7. The Labute approximate surface area is 214 Å². The lowest BCUT2D eigenvalue weighted by Crippen LogP contribution is -2.37. The molecule has 4 heterocycles. The van der Waals surface area contributed by atoms with Gasteiger partial charge in [0.05, 0.1) is 30.4 Å². The fraction of sp³-hybridized carbons (Fsp3) is 0.407. The molecule has 0 spiro atoms. The van der Waals surface area contributed by atoms with E-state index >= 15 is 0 Å². The number of nitrogens with zero attached hydrogens (tertiary/aromatic N) is 5. The molecule has 6 rings (SSSR count). The third-order valence-electron chi connectivity index (χ3n) is 7.77. The van der Waals surface area contributed by atoms with E-state index in [0.717, 1.165) is 67.7 Å². The fourth-order valence-corrected chi connectivity index (χ4v) is 5.87. The standard InChI is InChI=1S/C27H30FN7O2/c1-37-25-9-6-18(28)13-21(25)23-3-2-11-34(23)20-10-12-35-24(14-20)22(15-31-35)27(36)32-19-7-4-17(5-8-19)26-29-16-30-33-26/h6,9-10,12-17,19,23H,2-5,7-8,11H2,1H3,(H,32,36)(H,29,30,33)/t17-,19-,23-/m1/s1. The first kappa shape index (κ1) is 23.4. The smallest absolute Gasteiger partial charge is 0.255 e. The third-order valence-corrected chi connectivity index (χ3v) is 7.77. The minimum absolute atomic E-state index is 0.00663. The Morgan fingerprint density at radius 3 is 2.81 bits per heavy atom. The number of hydrogen-bond donors (Lipinski definition) is 2. The topological polar surface area (TPSA) is 100 Å². The molecule has 2 N–H and O–H groups in total. The molecule has 1 aliphatic carbocycles. The number of hydrogen-bond acceptors (Lipinski definition) is 6. The van der Waals surface area contributed by atoms with Crippen molar-refractivity contribution in [1.82, 2.24) is 30.1 Å². The second-order valence-electron chi connectivity index (χ2n) is 9.90. The van der Waals surface area contributed by atoms with E-state index in [-0.39, 0.29) is 23.8 Å². The predicted molar refractivity (Wildman–Crippen MR) is 136 cm³/mol. The van der Waals surface area contributed by atoms with Crippen LogP contribution < -0.4 is 15.0 Å². The summed E-state index contributed by atoms with van der Waals surface area (Å²) < 4.78 is 21.4. The van der Waals surface area contributed by atoms with Gasteiger partial charge in [-0.1, -0.05) is 0 Å². The van der Waals surface area contributed by atoms with E-state index in [9.17, 15) is 9.18 Å². The van der Waals surface area contributed by atoms with Crippen molar-refractivity contribution in [1.29, 1.82) is 0 Å². The summed E-state index contributed by atoms with van der Waals surface area (Å²) in [4.78, 5) is 19.8. The Kier molecular flexibility index (Phi) is 6.23. The van der Waals surface area contributed by atoms with Crippen LogP contribution in [0.1, 0.15) is 72.2 Å². The van der Waals surface area contributed by atoms with Gasteiger partial charge in [0.1, 0.15) is 23.7 Å². The molecule has 0 radical (unpaired) electrons. The van der Waals surface area contributed by atoms with E-state index in [1.807, 2.05) is 18.3 Å². The summed E-state index contributed by atoms with van der Waals surface area (Å²) in [6.07, 6.45) is 10.6. The van der Waals surface area contributed by atoms with Crippen LogP contribution in [0.25, 0.3) is 5.52 Å². The number of aromatic amines is 1. The monoisotopic (exact) mass is 503 g/mol. The van der Waals surface area contributed by atoms with Crippen LogP contribution in [0.15, 0.2) is 49.1 Å². The molecule has 1 aromatic carbocycles. The number of carbonyl (C=O) groups excluding carboxylic acids is 1. The van der Waals surface area contributed by atoms with Crippen LogP contribution in [0.5, 0.6) is 5.75 Å². The van der Waals surface area contributed by atoms with Crippen molar-refractivity contribution in [3.8, 4) is 5.75 Å². The van der Waals surface area contributed by atoms with Crippen LogP contribution in [-0.2, 0) is 0 Å². The van der Waals surface area contributed by atoms with E-state index in [2.05, 4.69) is 30.5 Å². The van der Waals surface area contributed by atoms with Gasteiger partial charge in [0.25, 0.3) is 5.91 Å². The Morgan fingerprint density at radius 2 is 2.03 bits per heavy atom. The summed E-state index contributed by atoms with van der Waals surface area (Å²) >= 11 is 0. The number of anilines is 1. The average molecular weight is 504 g/mol. The first-order chi connectivity index (χ1) is 18.1. The molecule has 1 aliphatic heterocycles. The van der Waals surface area contributed by atoms with Gasteiger partial charge in [-0.05, 0) is 68.9 Å². The number of methoxy groups -OCH3 is 1. The van der Waals surface area contributed by atoms with Gasteiger partial charge in [-0.15, -0.1) is 0 Å². The highest BCUT2D eigenvalue weighted by Gasteiger charge is 2.30. The van der Waals surface area contributed by atoms with Crippen LogP contribution in [0, 0.1) is 5.82 Å². The van der Waals surface area contributed by atoms with Crippen LogP contribution in [0.3, 0.4) is 0 Å². The molecular weight excluding hydrogens is 473 g/mol. The maximum Gasteiger partial charge on any atom is 0.255 e. The molecule has 0 bridgehead atoms. The second-order valence-corrected chi connectivity index (χ2v) is 9.90. The number of ether oxygens (including phenoxy) is 1. The Bertz CT molecular complexity index is 1400. The van der Waals surface area contributed by atoms with Gasteiger partial charge in [-0.25, -0.2) is 13.9 Å². The Balaban J connectivity index is 1.20. The molecule has 1 saturated carbocycles. The van der Waals surface area contributed by atoms with Crippen molar-refractivity contribution >= 4 is 17.1 Å². The van der Waals surface area contributed by atoms with Crippen molar-refractivity contribution in [2.75, 3.05) is 18.6 Å². The number of H-pyrrole nitrogens is 1. The molecule has 1 atom stereocenters. The van der Waals surface area contributed by atoms with Crippen LogP contribution in [-0.4, -0.2) is 50.4 Å². The molecule has 37 heavy (non-hydrogen) atoms. The quantitative estimate of drug-likeness (QED) is 0.405. The fourth-order valence-electron chi connectivity index (χ4n) is 5.87. The summed E-state index contributed by atoms with van der Waals surface area (Å²) in [7, 11) is 1.61. The minimum Gasteiger partial charge on any atom is -0.496 e. The van der Waals surface area contributed by atoms with Gasteiger partial charge in [0.2, 0.25) is 0 Å². The number of rotatable bonds is 6. The minimum atomic E-state index is -0.275. The summed E-state index contributed by atoms with van der Waals surface area (Å²) in [5.41, 5.74) is 3.12. The molecule has 9 nitrogen and oxygen atoms in total. The van der Waals surface area contributed by atoms with Gasteiger partial charge in [0.15, 0.2) is 0 Å². The normalized spacial score (nSPS) is 21.9. The van der Waals surface area contributed by atoms with E-state index in [0.29, 0.717) is 17.2 Å². The van der Waals surface area contributed by atoms with Crippen LogP contribution in [0.2, 0.25) is 0 Å². The number of pyridine rings is 1. The number of carbonyl (C=O) groups is 1. The maximum atomic E-state index is 14.1. The number of benzene rings is 1. The third kappa shape index (κ3) is 4.52. The second kappa shape index (κ2) is 9.84. The van der Waals surface area contributed by atoms with Crippen molar-refractivity contribution in [2.24, 2.45) is 0 Å². The molecule has 1 amide bonds. The van der Waals surface area contributed by atoms with Crippen molar-refractivity contribution in [3.63, 3.8) is 0 Å². The zero-order valence-electron chi connectivity index (χ0n) is 20.7. The van der Waals surface area contributed by atoms with Gasteiger partial charge >= 0.3 is 0 Å². The molecule has 2 fully saturated rings. The molecule has 3 aromatic heterocycles. The zero-order chi connectivity index (χ0) is 25.4. The molecule has 4 aromatic rings. The summed E-state index contributed by atoms with van der Waals surface area (Å²) in [6.45, 7) is 0.838. The summed E-state index contributed by atoms with van der Waals surface area (Å²) in [5.74, 6) is 1.58. The van der Waals surface area contributed by atoms with E-state index in [1.54, 1.807) is 36.3 Å². The highest BCUT2D eigenvalue weighted by atomic mass is 19.1. The SMILES string of the molecule is COc1ccc(F)cc1[C@H]1CCCN1c1ccn2ncc(C(=O)N[C@H]3CC[C@H](c4ncn[nH]4)CC3)c2c1. The highest BCUT2D eigenvalue weighted by Crippen LogP contribution is 2.40. The Hall–Kier alpha value is -3.95. The van der Waals surface area contributed by atoms with Gasteiger partial charge < -0.3 is 15.0 Å². The lowest BCUT2D eigenvalue weighted by Gasteiger charge is -2.28. The lowest BCUT2D eigenvalue weighted by atomic mass is 9.85. The number of fused-ring (bicyclic) bond motifs is 1.